The summed E-state index contributed by atoms with van der Waals surface area (Å²) in [5.41, 5.74) is 3.18. The molecule has 0 radical (unpaired) electrons. The highest BCUT2D eigenvalue weighted by Crippen LogP contribution is 2.26. The van der Waals surface area contributed by atoms with E-state index in [0.717, 1.165) is 16.7 Å². The Kier molecular flexibility index (Phi) is 5.81. The molecule has 0 aliphatic rings. The van der Waals surface area contributed by atoms with E-state index in [9.17, 15) is 9.59 Å². The zero-order valence-corrected chi connectivity index (χ0v) is 17.7. The Morgan fingerprint density at radius 3 is 2.68 bits per heavy atom. The van der Waals surface area contributed by atoms with Crippen LogP contribution in [0.5, 0.6) is 0 Å². The van der Waals surface area contributed by atoms with Crippen LogP contribution in [0.25, 0.3) is 22.4 Å². The predicted octanol–water partition coefficient (Wildman–Crippen LogP) is 3.71. The number of hydrogen-bond acceptors (Lipinski definition) is 7. The minimum absolute atomic E-state index is 0.109. The van der Waals surface area contributed by atoms with Gasteiger partial charge in [0.25, 0.3) is 0 Å². The van der Waals surface area contributed by atoms with Crippen LogP contribution in [0.15, 0.2) is 51.7 Å². The highest BCUT2D eigenvalue weighted by atomic mass is 35.5. The number of fused-ring (bicyclic) bond motifs is 1. The fraction of sp³-hybridized carbons (Fsp3) is 0.227. The lowest BCUT2D eigenvalue weighted by Crippen LogP contribution is -2.16. The average molecular weight is 439 g/mol. The molecule has 0 aliphatic heterocycles. The van der Waals surface area contributed by atoms with Crippen molar-refractivity contribution in [2.75, 3.05) is 0 Å². The van der Waals surface area contributed by atoms with Crippen LogP contribution in [-0.4, -0.2) is 26.2 Å². The number of tetrazole rings is 1. The predicted molar refractivity (Wildman–Crippen MR) is 115 cm³/mol. The van der Waals surface area contributed by atoms with Crippen molar-refractivity contribution in [1.82, 2.24) is 20.2 Å². The Bertz CT molecular complexity index is 1310. The molecule has 0 fully saturated rings. The number of benzene rings is 2. The van der Waals surface area contributed by atoms with E-state index < -0.39 is 11.6 Å². The lowest BCUT2D eigenvalue weighted by molar-refractivity contribution is -0.146. The minimum Gasteiger partial charge on any atom is -0.459 e. The van der Waals surface area contributed by atoms with Crippen molar-refractivity contribution in [2.45, 2.75) is 33.4 Å². The molecular formula is C22H19ClN4O4. The lowest BCUT2D eigenvalue weighted by Gasteiger charge is -2.09. The van der Waals surface area contributed by atoms with Crippen LogP contribution in [0.1, 0.15) is 23.6 Å². The number of aromatic nitrogens is 4. The summed E-state index contributed by atoms with van der Waals surface area (Å²) in [6.07, 6.45) is 0.702. The molecule has 158 valence electrons. The number of aryl methyl sites for hydroxylation is 2. The normalized spacial score (nSPS) is 11.1. The van der Waals surface area contributed by atoms with E-state index >= 15 is 0 Å². The van der Waals surface area contributed by atoms with Crippen molar-refractivity contribution in [2.24, 2.45) is 0 Å². The molecule has 31 heavy (non-hydrogen) atoms. The molecule has 2 aromatic heterocycles. The zero-order chi connectivity index (χ0) is 22.0. The third-order valence-electron chi connectivity index (χ3n) is 4.80. The van der Waals surface area contributed by atoms with Crippen LogP contribution in [-0.2, 0) is 29.1 Å². The third-order valence-corrected chi connectivity index (χ3v) is 5.15. The largest absolute Gasteiger partial charge is 0.459 e. The monoisotopic (exact) mass is 438 g/mol. The molecule has 0 N–H and O–H groups in total. The Labute approximate surface area is 182 Å². The van der Waals surface area contributed by atoms with E-state index in [2.05, 4.69) is 15.4 Å². The summed E-state index contributed by atoms with van der Waals surface area (Å²) in [6, 6.07) is 12.4. The minimum atomic E-state index is -0.564. The van der Waals surface area contributed by atoms with Crippen LogP contribution < -0.4 is 5.63 Å². The second-order valence-electron chi connectivity index (χ2n) is 7.05. The molecule has 4 aromatic rings. The first kappa shape index (κ1) is 20.7. The molecule has 0 saturated heterocycles. The summed E-state index contributed by atoms with van der Waals surface area (Å²) in [7, 11) is 0. The fourth-order valence-corrected chi connectivity index (χ4v) is 3.42. The molecule has 0 bridgehead atoms. The van der Waals surface area contributed by atoms with E-state index in [-0.39, 0.29) is 13.2 Å². The van der Waals surface area contributed by atoms with Gasteiger partial charge in [-0.25, -0.2) is 9.59 Å². The van der Waals surface area contributed by atoms with Gasteiger partial charge in [0, 0.05) is 27.6 Å². The summed E-state index contributed by atoms with van der Waals surface area (Å²) >= 11 is 6.29. The highest BCUT2D eigenvalue weighted by Gasteiger charge is 2.14. The van der Waals surface area contributed by atoms with Crippen LogP contribution >= 0.6 is 11.6 Å². The van der Waals surface area contributed by atoms with Crippen molar-refractivity contribution in [3.05, 3.63) is 74.6 Å². The molecule has 0 unspecified atom stereocenters. The van der Waals surface area contributed by atoms with Gasteiger partial charge >= 0.3 is 11.6 Å². The van der Waals surface area contributed by atoms with Gasteiger partial charge in [0.15, 0.2) is 6.54 Å². The molecule has 0 aliphatic carbocycles. The number of ether oxygens (including phenoxy) is 1. The van der Waals surface area contributed by atoms with Gasteiger partial charge < -0.3 is 9.15 Å². The molecule has 4 rings (SSSR count). The number of halogens is 1. The highest BCUT2D eigenvalue weighted by molar-refractivity contribution is 6.32. The Morgan fingerprint density at radius 1 is 1.16 bits per heavy atom. The first-order valence-electron chi connectivity index (χ1n) is 9.68. The first-order valence-corrected chi connectivity index (χ1v) is 10.1. The summed E-state index contributed by atoms with van der Waals surface area (Å²) < 4.78 is 10.6. The SMILES string of the molecule is CCc1cc2oc(=O)cc(COC(=O)Cn3nnc(-c4ccc(C)cc4)n3)c2cc1Cl. The summed E-state index contributed by atoms with van der Waals surface area (Å²) in [5.74, 6) is -0.147. The first-order chi connectivity index (χ1) is 14.9. The van der Waals surface area contributed by atoms with Gasteiger partial charge in [-0.15, -0.1) is 10.2 Å². The van der Waals surface area contributed by atoms with Crippen LogP contribution in [0.3, 0.4) is 0 Å². The maximum atomic E-state index is 12.3. The standard InChI is InChI=1S/C22H19ClN4O4/c1-3-14-8-19-17(10-18(14)23)16(9-20(28)31-19)12-30-21(29)11-27-25-22(24-26-27)15-6-4-13(2)5-7-15/h4-10H,3,11-12H2,1-2H3. The summed E-state index contributed by atoms with van der Waals surface area (Å²) in [6.45, 7) is 3.63. The molecule has 2 aromatic carbocycles. The van der Waals surface area contributed by atoms with E-state index in [1.165, 1.54) is 10.9 Å². The quantitative estimate of drug-likeness (QED) is 0.334. The van der Waals surface area contributed by atoms with Gasteiger partial charge in [-0.2, -0.15) is 4.80 Å². The Hall–Kier alpha value is -3.52. The maximum absolute atomic E-state index is 12.3. The molecule has 0 amide bonds. The molecule has 0 saturated carbocycles. The number of rotatable bonds is 6. The fourth-order valence-electron chi connectivity index (χ4n) is 3.13. The van der Waals surface area contributed by atoms with Crippen molar-refractivity contribution < 1.29 is 13.9 Å². The molecule has 0 atom stereocenters. The second-order valence-corrected chi connectivity index (χ2v) is 7.46. The van der Waals surface area contributed by atoms with Crippen LogP contribution in [0, 0.1) is 6.92 Å². The third kappa shape index (κ3) is 4.64. The van der Waals surface area contributed by atoms with Gasteiger partial charge in [-0.1, -0.05) is 48.4 Å². The zero-order valence-electron chi connectivity index (χ0n) is 17.0. The van der Waals surface area contributed by atoms with Crippen molar-refractivity contribution in [3.8, 4) is 11.4 Å². The number of nitrogens with zero attached hydrogens (tertiary/aromatic N) is 4. The lowest BCUT2D eigenvalue weighted by atomic mass is 10.1. The molecular weight excluding hydrogens is 420 g/mol. The smallest absolute Gasteiger partial charge is 0.336 e. The number of hydrogen-bond donors (Lipinski definition) is 0. The molecule has 2 heterocycles. The number of carbonyl (C=O) groups is 1. The molecule has 8 nitrogen and oxygen atoms in total. The topological polar surface area (TPSA) is 100 Å². The van der Waals surface area contributed by atoms with Gasteiger partial charge in [0.2, 0.25) is 5.82 Å². The van der Waals surface area contributed by atoms with Crippen molar-refractivity contribution in [3.63, 3.8) is 0 Å². The number of carbonyl (C=O) groups excluding carboxylic acids is 1. The van der Waals surface area contributed by atoms with Gasteiger partial charge in [-0.05, 0) is 36.3 Å². The van der Waals surface area contributed by atoms with Crippen LogP contribution in [0.2, 0.25) is 5.02 Å². The van der Waals surface area contributed by atoms with Gasteiger partial charge in [-0.3, -0.25) is 0 Å². The van der Waals surface area contributed by atoms with Gasteiger partial charge in [0.05, 0.1) is 0 Å². The average Bonchev–Trinajstić information content (AvgIpc) is 3.20. The Balaban J connectivity index is 1.47. The van der Waals surface area contributed by atoms with Crippen LogP contribution in [0.4, 0.5) is 0 Å². The molecule has 0 spiro atoms. The van der Waals surface area contributed by atoms with Crippen molar-refractivity contribution in [1.29, 1.82) is 0 Å². The summed E-state index contributed by atoms with van der Waals surface area (Å²) in [5, 5.41) is 13.3. The van der Waals surface area contributed by atoms with Crippen molar-refractivity contribution >= 4 is 28.5 Å². The Morgan fingerprint density at radius 2 is 1.94 bits per heavy atom. The van der Waals surface area contributed by atoms with E-state index in [1.54, 1.807) is 12.1 Å². The summed E-state index contributed by atoms with van der Waals surface area (Å²) in [4.78, 5) is 25.4. The maximum Gasteiger partial charge on any atom is 0.336 e. The van der Waals surface area contributed by atoms with E-state index in [0.29, 0.717) is 33.8 Å². The second kappa shape index (κ2) is 8.69. The van der Waals surface area contributed by atoms with Gasteiger partial charge in [0.1, 0.15) is 12.2 Å². The van der Waals surface area contributed by atoms with E-state index in [1.807, 2.05) is 38.1 Å². The number of esters is 1. The molecule has 9 heteroatoms. The van der Waals surface area contributed by atoms with E-state index in [4.69, 9.17) is 20.8 Å².